The minimum Gasteiger partial charge on any atom is -0.343 e. The summed E-state index contributed by atoms with van der Waals surface area (Å²) in [6.07, 6.45) is 1.66. The van der Waals surface area contributed by atoms with E-state index in [-0.39, 0.29) is 0 Å². The summed E-state index contributed by atoms with van der Waals surface area (Å²) in [5.41, 5.74) is 4.05. The van der Waals surface area contributed by atoms with E-state index in [0.717, 1.165) is 16.9 Å². The Kier molecular flexibility index (Phi) is 6.34. The number of H-pyrrole nitrogens is 1. The lowest BCUT2D eigenvalue weighted by molar-refractivity contribution is 1.17. The highest BCUT2D eigenvalue weighted by Crippen LogP contribution is 2.10. The number of imidazole rings is 1. The van der Waals surface area contributed by atoms with Crippen LogP contribution in [-0.4, -0.2) is 15.0 Å². The van der Waals surface area contributed by atoms with E-state index in [9.17, 15) is 0 Å². The van der Waals surface area contributed by atoms with Crippen molar-refractivity contribution in [1.29, 1.82) is 0 Å². The lowest BCUT2D eigenvalue weighted by Gasteiger charge is -1.96. The zero-order chi connectivity index (χ0) is 11.8. The molecular formula is C12H21N3. The third-order valence-corrected chi connectivity index (χ3v) is 1.85. The molecule has 0 aliphatic heterocycles. The van der Waals surface area contributed by atoms with Gasteiger partial charge in [-0.1, -0.05) is 27.7 Å². The molecule has 0 saturated carbocycles. The molecule has 2 aromatic rings. The highest BCUT2D eigenvalue weighted by molar-refractivity contribution is 5.70. The fraction of sp³-hybridized carbons (Fsp3) is 0.500. The summed E-state index contributed by atoms with van der Waals surface area (Å²) >= 11 is 0. The van der Waals surface area contributed by atoms with Gasteiger partial charge in [-0.25, -0.2) is 9.97 Å². The maximum Gasteiger partial charge on any atom is 0.177 e. The van der Waals surface area contributed by atoms with Crippen LogP contribution in [0.1, 0.15) is 39.0 Å². The van der Waals surface area contributed by atoms with Gasteiger partial charge in [-0.3, -0.25) is 0 Å². The lowest BCUT2D eigenvalue weighted by atomic mass is 10.2. The van der Waals surface area contributed by atoms with Gasteiger partial charge < -0.3 is 4.98 Å². The van der Waals surface area contributed by atoms with E-state index in [2.05, 4.69) is 21.0 Å². The van der Waals surface area contributed by atoms with Crippen LogP contribution in [0.4, 0.5) is 0 Å². The summed E-state index contributed by atoms with van der Waals surface area (Å²) in [5.74, 6) is 0. The Hall–Kier alpha value is -1.38. The highest BCUT2D eigenvalue weighted by Gasteiger charge is 1.99. The molecule has 1 N–H and O–H groups in total. The molecule has 0 aliphatic rings. The zero-order valence-electron chi connectivity index (χ0n) is 10.5. The third-order valence-electron chi connectivity index (χ3n) is 1.85. The van der Waals surface area contributed by atoms with Crippen molar-refractivity contribution >= 4 is 11.2 Å². The van der Waals surface area contributed by atoms with E-state index in [1.807, 2.05) is 41.5 Å². The van der Waals surface area contributed by atoms with E-state index in [4.69, 9.17) is 0 Å². The first-order valence-corrected chi connectivity index (χ1v) is 5.55. The molecule has 0 fully saturated rings. The largest absolute Gasteiger partial charge is 0.343 e. The van der Waals surface area contributed by atoms with E-state index < -0.39 is 0 Å². The van der Waals surface area contributed by atoms with Gasteiger partial charge in [0.25, 0.3) is 0 Å². The SMILES string of the molecule is CC.CC.Cc1cc2[nH]cnc2nc1C. The van der Waals surface area contributed by atoms with Crippen LogP contribution < -0.4 is 0 Å². The molecule has 2 heterocycles. The Bertz CT molecular complexity index is 355. The smallest absolute Gasteiger partial charge is 0.177 e. The molecule has 15 heavy (non-hydrogen) atoms. The molecular weight excluding hydrogens is 186 g/mol. The van der Waals surface area contributed by atoms with Crippen LogP contribution in [0.15, 0.2) is 12.4 Å². The van der Waals surface area contributed by atoms with E-state index in [1.54, 1.807) is 6.33 Å². The fourth-order valence-corrected chi connectivity index (χ4v) is 1.06. The Labute approximate surface area is 92.0 Å². The second-order valence-corrected chi connectivity index (χ2v) is 2.66. The molecule has 3 nitrogen and oxygen atoms in total. The van der Waals surface area contributed by atoms with Gasteiger partial charge in [-0.15, -0.1) is 0 Å². The summed E-state index contributed by atoms with van der Waals surface area (Å²) in [6, 6.07) is 2.06. The number of fused-ring (bicyclic) bond motifs is 1. The van der Waals surface area contributed by atoms with Crippen molar-refractivity contribution < 1.29 is 0 Å². The molecule has 2 rings (SSSR count). The van der Waals surface area contributed by atoms with E-state index in [0.29, 0.717) is 0 Å². The van der Waals surface area contributed by atoms with Gasteiger partial charge in [0, 0.05) is 5.69 Å². The maximum absolute atomic E-state index is 4.29. The van der Waals surface area contributed by atoms with Gasteiger partial charge in [0.15, 0.2) is 5.65 Å². The number of hydrogen-bond acceptors (Lipinski definition) is 2. The molecule has 0 saturated heterocycles. The Morgan fingerprint density at radius 1 is 1.07 bits per heavy atom. The molecule has 0 amide bonds. The Morgan fingerprint density at radius 2 is 1.67 bits per heavy atom. The van der Waals surface area contributed by atoms with Crippen molar-refractivity contribution in [2.24, 2.45) is 0 Å². The lowest BCUT2D eigenvalue weighted by Crippen LogP contribution is -1.86. The second kappa shape index (κ2) is 6.98. The minimum atomic E-state index is 0.799. The monoisotopic (exact) mass is 207 g/mol. The van der Waals surface area contributed by atoms with Gasteiger partial charge in [0.05, 0.1) is 11.8 Å². The standard InChI is InChI=1S/C8H9N3.2C2H6/c1-5-3-7-8(10-4-9-7)11-6(5)2;2*1-2/h3-4H,1-2H3,(H,9,10,11);2*1-2H3. The number of pyridine rings is 1. The second-order valence-electron chi connectivity index (χ2n) is 2.66. The van der Waals surface area contributed by atoms with E-state index >= 15 is 0 Å². The summed E-state index contributed by atoms with van der Waals surface area (Å²) < 4.78 is 0. The Balaban J connectivity index is 0.000000442. The highest BCUT2D eigenvalue weighted by atomic mass is 14.9. The third kappa shape index (κ3) is 3.35. The molecule has 0 spiro atoms. The van der Waals surface area contributed by atoms with Crippen LogP contribution in [0.3, 0.4) is 0 Å². The topological polar surface area (TPSA) is 41.6 Å². The predicted octanol–water partition coefficient (Wildman–Crippen LogP) is 3.63. The number of hydrogen-bond donors (Lipinski definition) is 1. The maximum atomic E-state index is 4.29. The molecule has 3 heteroatoms. The van der Waals surface area contributed by atoms with Gasteiger partial charge in [-0.2, -0.15) is 0 Å². The van der Waals surface area contributed by atoms with Crippen molar-refractivity contribution in [3.05, 3.63) is 23.7 Å². The van der Waals surface area contributed by atoms with Crippen LogP contribution >= 0.6 is 0 Å². The fourth-order valence-electron chi connectivity index (χ4n) is 1.06. The summed E-state index contributed by atoms with van der Waals surface area (Å²) in [7, 11) is 0. The molecule has 2 aromatic heterocycles. The van der Waals surface area contributed by atoms with Crippen molar-refractivity contribution in [3.8, 4) is 0 Å². The number of aromatic nitrogens is 3. The van der Waals surface area contributed by atoms with Crippen molar-refractivity contribution in [3.63, 3.8) is 0 Å². The van der Waals surface area contributed by atoms with Crippen molar-refractivity contribution in [1.82, 2.24) is 15.0 Å². The average Bonchev–Trinajstić information content (AvgIpc) is 2.72. The average molecular weight is 207 g/mol. The summed E-state index contributed by atoms with van der Waals surface area (Å²) in [6.45, 7) is 12.0. The molecule has 0 radical (unpaired) electrons. The first-order valence-electron chi connectivity index (χ1n) is 5.55. The number of nitrogens with one attached hydrogen (secondary N) is 1. The number of aromatic amines is 1. The van der Waals surface area contributed by atoms with Gasteiger partial charge >= 0.3 is 0 Å². The van der Waals surface area contributed by atoms with E-state index in [1.165, 1.54) is 5.56 Å². The van der Waals surface area contributed by atoms with Crippen molar-refractivity contribution in [2.75, 3.05) is 0 Å². The van der Waals surface area contributed by atoms with Gasteiger partial charge in [-0.05, 0) is 25.5 Å². The molecule has 84 valence electrons. The van der Waals surface area contributed by atoms with Crippen LogP contribution in [-0.2, 0) is 0 Å². The van der Waals surface area contributed by atoms with Gasteiger partial charge in [0.2, 0.25) is 0 Å². The number of nitrogens with zero attached hydrogens (tertiary/aromatic N) is 2. The van der Waals surface area contributed by atoms with Crippen molar-refractivity contribution in [2.45, 2.75) is 41.5 Å². The first-order chi connectivity index (χ1) is 7.27. The normalized spacial score (nSPS) is 8.67. The van der Waals surface area contributed by atoms with Gasteiger partial charge in [0.1, 0.15) is 0 Å². The summed E-state index contributed by atoms with van der Waals surface area (Å²) in [5, 5.41) is 0. The van der Waals surface area contributed by atoms with Crippen LogP contribution in [0.5, 0.6) is 0 Å². The van der Waals surface area contributed by atoms with Crippen LogP contribution in [0.25, 0.3) is 11.2 Å². The quantitative estimate of drug-likeness (QED) is 0.716. The number of aryl methyl sites for hydroxylation is 2. The molecule has 0 bridgehead atoms. The molecule has 0 aliphatic carbocycles. The van der Waals surface area contributed by atoms with Crippen LogP contribution in [0, 0.1) is 13.8 Å². The van der Waals surface area contributed by atoms with Crippen LogP contribution in [0.2, 0.25) is 0 Å². The minimum absolute atomic E-state index is 0.799. The number of rotatable bonds is 0. The summed E-state index contributed by atoms with van der Waals surface area (Å²) in [4.78, 5) is 11.4. The molecule has 0 aromatic carbocycles. The first kappa shape index (κ1) is 13.6. The zero-order valence-corrected chi connectivity index (χ0v) is 10.5. The Morgan fingerprint density at radius 3 is 2.27 bits per heavy atom. The predicted molar refractivity (Wildman–Crippen MR) is 66.1 cm³/mol. The molecule has 0 unspecified atom stereocenters. The molecule has 0 atom stereocenters.